The van der Waals surface area contributed by atoms with Crippen molar-refractivity contribution in [2.24, 2.45) is 0 Å². The molecule has 2 aromatic rings. The Labute approximate surface area is 133 Å². The summed E-state index contributed by atoms with van der Waals surface area (Å²) < 4.78 is 78.1. The van der Waals surface area contributed by atoms with E-state index < -0.39 is 47.2 Å². The van der Waals surface area contributed by atoms with Crippen molar-refractivity contribution in [3.63, 3.8) is 0 Å². The number of morpholine rings is 1. The van der Waals surface area contributed by atoms with Gasteiger partial charge in [-0.3, -0.25) is 4.90 Å². The molecule has 0 N–H and O–H groups in total. The van der Waals surface area contributed by atoms with Crippen LogP contribution in [0, 0.1) is 36.0 Å². The molecule has 1 aromatic heterocycles. The predicted octanol–water partition coefficient (Wildman–Crippen LogP) is 2.65. The second kappa shape index (κ2) is 6.44. The van der Waals surface area contributed by atoms with E-state index in [1.54, 1.807) is 6.92 Å². The highest BCUT2D eigenvalue weighted by Gasteiger charge is 2.33. The first-order valence-corrected chi connectivity index (χ1v) is 7.02. The molecule has 0 unspecified atom stereocenters. The number of hydrogen-bond donors (Lipinski definition) is 0. The third-order valence-electron chi connectivity index (χ3n) is 3.73. The number of halogens is 5. The molecule has 0 bridgehead atoms. The van der Waals surface area contributed by atoms with Crippen LogP contribution in [0.4, 0.5) is 22.0 Å². The van der Waals surface area contributed by atoms with E-state index in [-0.39, 0.29) is 31.5 Å². The zero-order chi connectivity index (χ0) is 17.4. The Morgan fingerprint density at radius 1 is 1.00 bits per heavy atom. The van der Waals surface area contributed by atoms with Gasteiger partial charge in [0.05, 0.1) is 13.2 Å². The van der Waals surface area contributed by atoms with Gasteiger partial charge in [-0.1, -0.05) is 0 Å². The van der Waals surface area contributed by atoms with E-state index in [0.29, 0.717) is 0 Å². The summed E-state index contributed by atoms with van der Waals surface area (Å²) in [4.78, 5) is 1.47. The molecule has 0 radical (unpaired) electrons. The van der Waals surface area contributed by atoms with Gasteiger partial charge in [0.25, 0.3) is 0 Å². The van der Waals surface area contributed by atoms with Gasteiger partial charge in [-0.05, 0) is 0 Å². The molecule has 130 valence electrons. The SMILES string of the molecule is Cc1nnc([C@H]2COCCN2Cc2c(F)c(F)c(F)c(F)c2F)o1. The van der Waals surface area contributed by atoms with Crippen molar-refractivity contribution in [1.29, 1.82) is 0 Å². The molecule has 24 heavy (non-hydrogen) atoms. The smallest absolute Gasteiger partial charge is 0.235 e. The minimum atomic E-state index is -2.18. The Morgan fingerprint density at radius 3 is 2.21 bits per heavy atom. The highest BCUT2D eigenvalue weighted by atomic mass is 19.2. The molecule has 0 spiro atoms. The lowest BCUT2D eigenvalue weighted by Gasteiger charge is -2.33. The minimum Gasteiger partial charge on any atom is -0.424 e. The highest BCUT2D eigenvalue weighted by Crippen LogP contribution is 2.29. The Balaban J connectivity index is 1.94. The van der Waals surface area contributed by atoms with E-state index in [4.69, 9.17) is 9.15 Å². The van der Waals surface area contributed by atoms with E-state index in [2.05, 4.69) is 10.2 Å². The highest BCUT2D eigenvalue weighted by molar-refractivity contribution is 5.24. The molecule has 1 saturated heterocycles. The van der Waals surface area contributed by atoms with Gasteiger partial charge in [0.2, 0.25) is 17.6 Å². The quantitative estimate of drug-likeness (QED) is 0.484. The second-order valence-corrected chi connectivity index (χ2v) is 5.27. The molecule has 1 fully saturated rings. The van der Waals surface area contributed by atoms with Crippen LogP contribution in [-0.4, -0.2) is 34.9 Å². The lowest BCUT2D eigenvalue weighted by Crippen LogP contribution is -2.39. The maximum atomic E-state index is 13.9. The summed E-state index contributed by atoms with van der Waals surface area (Å²) in [6.07, 6.45) is 0. The molecule has 5 nitrogen and oxygen atoms in total. The molecule has 1 atom stereocenters. The molecule has 1 aliphatic rings. The fourth-order valence-corrected chi connectivity index (χ4v) is 2.49. The molecule has 10 heteroatoms. The van der Waals surface area contributed by atoms with Crippen LogP contribution in [0.1, 0.15) is 23.4 Å². The maximum Gasteiger partial charge on any atom is 0.235 e. The Kier molecular flexibility index (Phi) is 4.50. The van der Waals surface area contributed by atoms with Crippen molar-refractivity contribution in [2.75, 3.05) is 19.8 Å². The number of hydrogen-bond acceptors (Lipinski definition) is 5. The lowest BCUT2D eigenvalue weighted by molar-refractivity contribution is -0.0236. The third kappa shape index (κ3) is 2.86. The second-order valence-electron chi connectivity index (χ2n) is 5.27. The monoisotopic (exact) mass is 349 g/mol. The summed E-state index contributed by atoms with van der Waals surface area (Å²) in [5, 5.41) is 7.48. The van der Waals surface area contributed by atoms with E-state index >= 15 is 0 Å². The molecule has 1 aromatic carbocycles. The normalized spacial score (nSPS) is 19.0. The topological polar surface area (TPSA) is 51.4 Å². The molecule has 3 rings (SSSR count). The Bertz CT molecular complexity index is 738. The van der Waals surface area contributed by atoms with Crippen LogP contribution in [0.15, 0.2) is 4.42 Å². The zero-order valence-corrected chi connectivity index (χ0v) is 12.5. The fraction of sp³-hybridized carbons (Fsp3) is 0.429. The first-order chi connectivity index (χ1) is 11.4. The largest absolute Gasteiger partial charge is 0.424 e. The first kappa shape index (κ1) is 16.8. The number of aromatic nitrogens is 2. The molecule has 0 saturated carbocycles. The van der Waals surface area contributed by atoms with Crippen LogP contribution in [0.25, 0.3) is 0 Å². The molecular formula is C14H12F5N3O2. The predicted molar refractivity (Wildman–Crippen MR) is 69.2 cm³/mol. The Hall–Kier alpha value is -2.07. The van der Waals surface area contributed by atoms with Crippen molar-refractivity contribution in [1.82, 2.24) is 15.1 Å². The van der Waals surface area contributed by atoms with Gasteiger partial charge in [0.1, 0.15) is 6.04 Å². The lowest BCUT2D eigenvalue weighted by atomic mass is 10.1. The van der Waals surface area contributed by atoms with Gasteiger partial charge < -0.3 is 9.15 Å². The summed E-state index contributed by atoms with van der Waals surface area (Å²) in [5.74, 6) is -9.39. The van der Waals surface area contributed by atoms with E-state index in [1.165, 1.54) is 4.90 Å². The van der Waals surface area contributed by atoms with Gasteiger partial charge in [0.15, 0.2) is 23.3 Å². The number of aryl methyl sites for hydroxylation is 1. The van der Waals surface area contributed by atoms with Gasteiger partial charge in [-0.2, -0.15) is 0 Å². The number of ether oxygens (including phenoxy) is 1. The molecule has 2 heterocycles. The minimum absolute atomic E-state index is 0.0943. The van der Waals surface area contributed by atoms with Crippen LogP contribution in [0.2, 0.25) is 0 Å². The fourth-order valence-electron chi connectivity index (χ4n) is 2.49. The van der Waals surface area contributed by atoms with Crippen LogP contribution in [0.5, 0.6) is 0 Å². The van der Waals surface area contributed by atoms with Crippen molar-refractivity contribution >= 4 is 0 Å². The van der Waals surface area contributed by atoms with Crippen molar-refractivity contribution in [3.05, 3.63) is 46.4 Å². The van der Waals surface area contributed by atoms with Crippen LogP contribution >= 0.6 is 0 Å². The number of nitrogens with zero attached hydrogens (tertiary/aromatic N) is 3. The average Bonchev–Trinajstić information content (AvgIpc) is 3.02. The standard InChI is InChI=1S/C14H12F5N3O2/c1-6-20-21-14(24-6)8-5-23-3-2-22(8)4-7-9(15)11(17)13(19)12(18)10(7)16/h8H,2-5H2,1H3/t8-/m1/s1. The van der Waals surface area contributed by atoms with E-state index in [9.17, 15) is 22.0 Å². The van der Waals surface area contributed by atoms with Crippen LogP contribution in [0.3, 0.4) is 0 Å². The number of benzene rings is 1. The van der Waals surface area contributed by atoms with Gasteiger partial charge in [0, 0.05) is 25.6 Å². The van der Waals surface area contributed by atoms with Gasteiger partial charge in [-0.15, -0.1) is 10.2 Å². The summed E-state index contributed by atoms with van der Waals surface area (Å²) in [6.45, 7) is 1.58. The van der Waals surface area contributed by atoms with Crippen LogP contribution < -0.4 is 0 Å². The van der Waals surface area contributed by atoms with Gasteiger partial charge >= 0.3 is 0 Å². The zero-order valence-electron chi connectivity index (χ0n) is 12.5. The Morgan fingerprint density at radius 2 is 1.62 bits per heavy atom. The molecule has 1 aliphatic heterocycles. The van der Waals surface area contributed by atoms with Crippen molar-refractivity contribution < 1.29 is 31.1 Å². The van der Waals surface area contributed by atoms with Crippen LogP contribution in [-0.2, 0) is 11.3 Å². The number of rotatable bonds is 3. The summed E-state index contributed by atoms with van der Waals surface area (Å²) in [6, 6.07) is -0.644. The maximum absolute atomic E-state index is 13.9. The summed E-state index contributed by atoms with van der Waals surface area (Å²) in [5.41, 5.74) is -0.908. The summed E-state index contributed by atoms with van der Waals surface area (Å²) in [7, 11) is 0. The first-order valence-electron chi connectivity index (χ1n) is 7.02. The average molecular weight is 349 g/mol. The van der Waals surface area contributed by atoms with E-state index in [0.717, 1.165) is 0 Å². The summed E-state index contributed by atoms with van der Waals surface area (Å²) >= 11 is 0. The van der Waals surface area contributed by atoms with Crippen molar-refractivity contribution in [2.45, 2.75) is 19.5 Å². The third-order valence-corrected chi connectivity index (χ3v) is 3.73. The molecule has 0 amide bonds. The van der Waals surface area contributed by atoms with Gasteiger partial charge in [-0.25, -0.2) is 22.0 Å². The van der Waals surface area contributed by atoms with E-state index in [1.807, 2.05) is 0 Å². The van der Waals surface area contributed by atoms with Crippen molar-refractivity contribution in [3.8, 4) is 0 Å². The molecular weight excluding hydrogens is 337 g/mol. The molecule has 0 aliphatic carbocycles.